The fourth-order valence-electron chi connectivity index (χ4n) is 3.47. The molecule has 0 aliphatic carbocycles. The van der Waals surface area contributed by atoms with Gasteiger partial charge >= 0.3 is 0 Å². The van der Waals surface area contributed by atoms with Gasteiger partial charge in [-0.1, -0.05) is 0 Å². The van der Waals surface area contributed by atoms with Crippen LogP contribution in [-0.4, -0.2) is 47.1 Å². The van der Waals surface area contributed by atoms with Crippen molar-refractivity contribution in [1.29, 1.82) is 0 Å². The first-order valence-corrected chi connectivity index (χ1v) is 9.21. The number of thiazole rings is 1. The lowest BCUT2D eigenvalue weighted by Crippen LogP contribution is -2.65. The molecule has 0 N–H and O–H groups in total. The zero-order chi connectivity index (χ0) is 16.6. The number of ether oxygens (including phenoxy) is 2. The van der Waals surface area contributed by atoms with Crippen molar-refractivity contribution in [1.82, 2.24) is 15.2 Å². The summed E-state index contributed by atoms with van der Waals surface area (Å²) < 4.78 is 12.0. The van der Waals surface area contributed by atoms with Gasteiger partial charge in [0.2, 0.25) is 0 Å². The standard InChI is InChI=1S/C17H22N4O2S/c1-12-3-4-16(20-19-12)21-10-17(11-21)14(5-6-23-17)7-22-8-15-9-24-13(2)18-15/h3-4,9,14H,5-8,10-11H2,1-2H3. The second kappa shape index (κ2) is 6.38. The summed E-state index contributed by atoms with van der Waals surface area (Å²) in [5.74, 6) is 1.37. The molecule has 0 bridgehead atoms. The number of aromatic nitrogens is 3. The van der Waals surface area contributed by atoms with Crippen LogP contribution < -0.4 is 4.90 Å². The Balaban J connectivity index is 1.31. The van der Waals surface area contributed by atoms with E-state index in [1.54, 1.807) is 11.3 Å². The van der Waals surface area contributed by atoms with Crippen molar-refractivity contribution < 1.29 is 9.47 Å². The molecule has 24 heavy (non-hydrogen) atoms. The monoisotopic (exact) mass is 346 g/mol. The highest BCUT2D eigenvalue weighted by atomic mass is 32.1. The van der Waals surface area contributed by atoms with Crippen LogP contribution in [0.15, 0.2) is 17.5 Å². The number of hydrogen-bond donors (Lipinski definition) is 0. The predicted molar refractivity (Wildman–Crippen MR) is 92.3 cm³/mol. The Labute approximate surface area is 145 Å². The van der Waals surface area contributed by atoms with Gasteiger partial charge in [-0.05, 0) is 32.4 Å². The molecular weight excluding hydrogens is 324 g/mol. The third kappa shape index (κ3) is 3.03. The highest BCUT2D eigenvalue weighted by molar-refractivity contribution is 7.09. The summed E-state index contributed by atoms with van der Waals surface area (Å²) in [5.41, 5.74) is 1.88. The Morgan fingerprint density at radius 2 is 2.21 bits per heavy atom. The highest BCUT2D eigenvalue weighted by Gasteiger charge is 2.53. The van der Waals surface area contributed by atoms with E-state index in [1.165, 1.54) is 0 Å². The first kappa shape index (κ1) is 15.9. The maximum Gasteiger partial charge on any atom is 0.151 e. The maximum atomic E-state index is 6.09. The lowest BCUT2D eigenvalue weighted by Gasteiger charge is -2.50. The minimum absolute atomic E-state index is 0.0788. The molecular formula is C17H22N4O2S. The van der Waals surface area contributed by atoms with E-state index in [1.807, 2.05) is 26.0 Å². The van der Waals surface area contributed by atoms with Gasteiger partial charge in [-0.15, -0.1) is 16.4 Å². The second-order valence-electron chi connectivity index (χ2n) is 6.66. The SMILES string of the molecule is Cc1ccc(N2CC3(C2)OCCC3COCc2csc(C)n2)nn1. The largest absolute Gasteiger partial charge is 0.375 e. The number of nitrogens with zero attached hydrogens (tertiary/aromatic N) is 4. The van der Waals surface area contributed by atoms with E-state index < -0.39 is 0 Å². The number of hydrogen-bond acceptors (Lipinski definition) is 7. The molecule has 7 heteroatoms. The van der Waals surface area contributed by atoms with Crippen LogP contribution in [0.3, 0.4) is 0 Å². The molecule has 0 aromatic carbocycles. The van der Waals surface area contributed by atoms with E-state index in [0.717, 1.165) is 54.9 Å². The van der Waals surface area contributed by atoms with E-state index in [0.29, 0.717) is 12.5 Å². The molecule has 4 rings (SSSR count). The normalized spacial score (nSPS) is 22.1. The minimum atomic E-state index is -0.0788. The van der Waals surface area contributed by atoms with Gasteiger partial charge in [0.1, 0.15) is 5.60 Å². The highest BCUT2D eigenvalue weighted by Crippen LogP contribution is 2.41. The van der Waals surface area contributed by atoms with Gasteiger partial charge in [0, 0.05) is 17.9 Å². The van der Waals surface area contributed by atoms with E-state index in [-0.39, 0.29) is 5.60 Å². The topological polar surface area (TPSA) is 60.4 Å². The molecule has 2 aliphatic heterocycles. The van der Waals surface area contributed by atoms with Gasteiger partial charge < -0.3 is 14.4 Å². The van der Waals surface area contributed by atoms with Crippen molar-refractivity contribution in [3.05, 3.63) is 33.9 Å². The van der Waals surface area contributed by atoms with Crippen LogP contribution in [0.5, 0.6) is 0 Å². The van der Waals surface area contributed by atoms with Crippen molar-refractivity contribution in [3.8, 4) is 0 Å². The van der Waals surface area contributed by atoms with Crippen LogP contribution in [0, 0.1) is 19.8 Å². The van der Waals surface area contributed by atoms with Crippen LogP contribution >= 0.6 is 11.3 Å². The van der Waals surface area contributed by atoms with E-state index >= 15 is 0 Å². The first-order valence-electron chi connectivity index (χ1n) is 8.33. The molecule has 4 heterocycles. The third-order valence-electron chi connectivity index (χ3n) is 4.86. The van der Waals surface area contributed by atoms with Gasteiger partial charge in [0.15, 0.2) is 5.82 Å². The van der Waals surface area contributed by atoms with Crippen LogP contribution in [0.4, 0.5) is 5.82 Å². The predicted octanol–water partition coefficient (Wildman–Crippen LogP) is 2.36. The van der Waals surface area contributed by atoms with E-state index in [2.05, 4.69) is 25.5 Å². The number of rotatable bonds is 5. The van der Waals surface area contributed by atoms with Crippen molar-refractivity contribution in [2.24, 2.45) is 5.92 Å². The smallest absolute Gasteiger partial charge is 0.151 e. The summed E-state index contributed by atoms with van der Waals surface area (Å²) in [7, 11) is 0. The van der Waals surface area contributed by atoms with Gasteiger partial charge in [-0.25, -0.2) is 4.98 Å². The van der Waals surface area contributed by atoms with Gasteiger partial charge in [-0.3, -0.25) is 0 Å². The van der Waals surface area contributed by atoms with Crippen LogP contribution in [0.2, 0.25) is 0 Å². The van der Waals surface area contributed by atoms with E-state index in [9.17, 15) is 0 Å². The van der Waals surface area contributed by atoms with Crippen LogP contribution in [-0.2, 0) is 16.1 Å². The summed E-state index contributed by atoms with van der Waals surface area (Å²) in [6.07, 6.45) is 1.06. The molecule has 2 aliphatic rings. The first-order chi connectivity index (χ1) is 11.6. The van der Waals surface area contributed by atoms with Crippen molar-refractivity contribution >= 4 is 17.2 Å². The Morgan fingerprint density at radius 1 is 1.33 bits per heavy atom. The lowest BCUT2D eigenvalue weighted by atomic mass is 9.81. The molecule has 6 nitrogen and oxygen atoms in total. The average molecular weight is 346 g/mol. The number of anilines is 1. The quantitative estimate of drug-likeness (QED) is 0.828. The second-order valence-corrected chi connectivity index (χ2v) is 7.72. The zero-order valence-electron chi connectivity index (χ0n) is 14.1. The Kier molecular flexibility index (Phi) is 4.24. The summed E-state index contributed by atoms with van der Waals surface area (Å²) in [6, 6.07) is 4.03. The average Bonchev–Trinajstić information content (AvgIpc) is 3.13. The fraction of sp³-hybridized carbons (Fsp3) is 0.588. The summed E-state index contributed by atoms with van der Waals surface area (Å²) in [6.45, 7) is 7.84. The third-order valence-corrected chi connectivity index (χ3v) is 5.68. The van der Waals surface area contributed by atoms with Crippen LogP contribution in [0.25, 0.3) is 0 Å². The summed E-state index contributed by atoms with van der Waals surface area (Å²) >= 11 is 1.67. The fourth-order valence-corrected chi connectivity index (χ4v) is 4.07. The molecule has 2 saturated heterocycles. The van der Waals surface area contributed by atoms with Crippen molar-refractivity contribution in [2.45, 2.75) is 32.5 Å². The molecule has 1 atom stereocenters. The number of aryl methyl sites for hydroxylation is 2. The lowest BCUT2D eigenvalue weighted by molar-refractivity contribution is -0.0657. The van der Waals surface area contributed by atoms with Crippen LogP contribution in [0.1, 0.15) is 22.8 Å². The van der Waals surface area contributed by atoms with Gasteiger partial charge in [0.25, 0.3) is 0 Å². The molecule has 0 amide bonds. The Hall–Kier alpha value is -1.57. The van der Waals surface area contributed by atoms with E-state index in [4.69, 9.17) is 9.47 Å². The Bertz CT molecular complexity index is 697. The van der Waals surface area contributed by atoms with Crippen molar-refractivity contribution in [2.75, 3.05) is 31.2 Å². The zero-order valence-corrected chi connectivity index (χ0v) is 14.9. The van der Waals surface area contributed by atoms with Crippen molar-refractivity contribution in [3.63, 3.8) is 0 Å². The minimum Gasteiger partial charge on any atom is -0.375 e. The molecule has 128 valence electrons. The molecule has 0 radical (unpaired) electrons. The molecule has 1 spiro atoms. The van der Waals surface area contributed by atoms with Gasteiger partial charge in [0.05, 0.1) is 42.7 Å². The molecule has 2 aromatic rings. The summed E-state index contributed by atoms with van der Waals surface area (Å²) in [5, 5.41) is 11.6. The Morgan fingerprint density at radius 3 is 2.92 bits per heavy atom. The molecule has 0 saturated carbocycles. The molecule has 2 fully saturated rings. The maximum absolute atomic E-state index is 6.09. The molecule has 2 aromatic heterocycles. The summed E-state index contributed by atoms with van der Waals surface area (Å²) in [4.78, 5) is 6.67. The van der Waals surface area contributed by atoms with Gasteiger partial charge in [-0.2, -0.15) is 5.10 Å². The molecule has 1 unspecified atom stereocenters.